The third kappa shape index (κ3) is 2.09. The Labute approximate surface area is 122 Å². The second-order valence-corrected chi connectivity index (χ2v) is 5.72. The van der Waals surface area contributed by atoms with Gasteiger partial charge in [0, 0.05) is 40.7 Å². The normalized spacial score (nSPS) is 24.1. The van der Waals surface area contributed by atoms with Crippen LogP contribution in [0.4, 0.5) is 0 Å². The molecule has 0 radical (unpaired) electrons. The molecule has 5 heteroatoms. The van der Waals surface area contributed by atoms with E-state index in [-0.39, 0.29) is 0 Å². The van der Waals surface area contributed by atoms with Crippen LogP contribution >= 0.6 is 11.6 Å². The number of nitrogens with zero attached hydrogens (tertiary/aromatic N) is 1. The Morgan fingerprint density at radius 2 is 2.30 bits per heavy atom. The van der Waals surface area contributed by atoms with Crippen LogP contribution < -0.4 is 5.73 Å². The van der Waals surface area contributed by atoms with E-state index in [0.29, 0.717) is 24.8 Å². The Balaban J connectivity index is 2.12. The molecule has 0 bridgehead atoms. The second-order valence-electron chi connectivity index (χ2n) is 5.31. The number of pyridine rings is 1. The summed E-state index contributed by atoms with van der Waals surface area (Å²) in [6, 6.07) is 7.37. The predicted octanol–water partition coefficient (Wildman–Crippen LogP) is 2.29. The molecule has 2 unspecified atom stereocenters. The van der Waals surface area contributed by atoms with Gasteiger partial charge < -0.3 is 15.6 Å². The van der Waals surface area contributed by atoms with Crippen molar-refractivity contribution in [2.45, 2.75) is 12.5 Å². The van der Waals surface area contributed by atoms with Crippen LogP contribution in [-0.4, -0.2) is 29.8 Å². The number of halogens is 1. The Morgan fingerprint density at radius 1 is 1.45 bits per heavy atom. The predicted molar refractivity (Wildman–Crippen MR) is 78.6 cm³/mol. The van der Waals surface area contributed by atoms with Gasteiger partial charge >= 0.3 is 0 Å². The molecule has 2 aromatic rings. The molecular weight excluding hydrogens is 276 g/mol. The molecule has 2 atom stereocenters. The average molecular weight is 293 g/mol. The second kappa shape index (κ2) is 5.30. The van der Waals surface area contributed by atoms with E-state index < -0.39 is 11.5 Å². The van der Waals surface area contributed by atoms with Crippen LogP contribution in [0.2, 0.25) is 5.02 Å². The van der Waals surface area contributed by atoms with Crippen molar-refractivity contribution >= 4 is 22.5 Å². The highest BCUT2D eigenvalue weighted by Gasteiger charge is 2.42. The Bertz CT molecular complexity index is 626. The Hall–Kier alpha value is -1.20. The van der Waals surface area contributed by atoms with Crippen LogP contribution in [0.3, 0.4) is 0 Å². The Kier molecular flexibility index (Phi) is 3.65. The number of hydrogen-bond donors (Lipinski definition) is 2. The van der Waals surface area contributed by atoms with E-state index in [0.717, 1.165) is 22.9 Å². The van der Waals surface area contributed by atoms with Gasteiger partial charge in [0.05, 0.1) is 18.2 Å². The van der Waals surface area contributed by atoms with Crippen LogP contribution in [0.1, 0.15) is 18.1 Å². The first-order chi connectivity index (χ1) is 9.68. The van der Waals surface area contributed by atoms with E-state index in [4.69, 9.17) is 22.1 Å². The monoisotopic (exact) mass is 292 g/mol. The molecule has 3 rings (SSSR count). The number of aliphatic hydroxyl groups excluding tert-OH is 1. The molecule has 1 aromatic heterocycles. The van der Waals surface area contributed by atoms with Gasteiger partial charge in [-0.2, -0.15) is 0 Å². The van der Waals surface area contributed by atoms with Gasteiger partial charge in [-0.25, -0.2) is 0 Å². The number of benzene rings is 1. The van der Waals surface area contributed by atoms with Crippen molar-refractivity contribution in [2.75, 3.05) is 19.8 Å². The van der Waals surface area contributed by atoms with Gasteiger partial charge in [-0.15, -0.1) is 0 Å². The van der Waals surface area contributed by atoms with E-state index in [9.17, 15) is 5.11 Å². The van der Waals surface area contributed by atoms with E-state index in [1.54, 1.807) is 12.3 Å². The first-order valence-corrected chi connectivity index (χ1v) is 7.05. The minimum atomic E-state index is -0.704. The summed E-state index contributed by atoms with van der Waals surface area (Å²) in [5, 5.41) is 12.3. The van der Waals surface area contributed by atoms with Crippen molar-refractivity contribution in [3.8, 4) is 0 Å². The number of aromatic nitrogens is 1. The van der Waals surface area contributed by atoms with Crippen molar-refractivity contribution in [2.24, 2.45) is 11.1 Å². The molecule has 4 nitrogen and oxygen atoms in total. The molecule has 1 aliphatic heterocycles. The largest absolute Gasteiger partial charge is 0.388 e. The lowest BCUT2D eigenvalue weighted by Crippen LogP contribution is -2.37. The van der Waals surface area contributed by atoms with Crippen LogP contribution in [-0.2, 0) is 4.74 Å². The fourth-order valence-corrected chi connectivity index (χ4v) is 3.04. The van der Waals surface area contributed by atoms with Crippen LogP contribution in [0.25, 0.3) is 10.9 Å². The van der Waals surface area contributed by atoms with Crippen molar-refractivity contribution in [3.05, 3.63) is 41.0 Å². The standard InChI is InChI=1S/C15H17ClN2O2/c16-12-4-3-11(13-10(12)2-1-6-18-13)14(19)15(8-17)5-7-20-9-15/h1-4,6,14,19H,5,7-9,17H2. The molecule has 3 N–H and O–H groups in total. The minimum absolute atomic E-state index is 0.380. The highest BCUT2D eigenvalue weighted by atomic mass is 35.5. The summed E-state index contributed by atoms with van der Waals surface area (Å²) in [5.41, 5.74) is 6.96. The van der Waals surface area contributed by atoms with Gasteiger partial charge in [-0.1, -0.05) is 17.7 Å². The van der Waals surface area contributed by atoms with Gasteiger partial charge in [0.1, 0.15) is 0 Å². The van der Waals surface area contributed by atoms with Gasteiger partial charge in [0.15, 0.2) is 0 Å². The fourth-order valence-electron chi connectivity index (χ4n) is 2.82. The van der Waals surface area contributed by atoms with E-state index in [2.05, 4.69) is 4.98 Å². The summed E-state index contributed by atoms with van der Waals surface area (Å²) in [4.78, 5) is 4.37. The van der Waals surface area contributed by atoms with Crippen LogP contribution in [0.15, 0.2) is 30.5 Å². The quantitative estimate of drug-likeness (QED) is 0.911. The molecule has 1 aromatic carbocycles. The number of ether oxygens (including phenoxy) is 1. The summed E-state index contributed by atoms with van der Waals surface area (Å²) in [7, 11) is 0. The third-order valence-electron chi connectivity index (χ3n) is 4.16. The summed E-state index contributed by atoms with van der Waals surface area (Å²) in [6.07, 6.45) is 1.75. The number of fused-ring (bicyclic) bond motifs is 1. The number of aliphatic hydroxyl groups is 1. The molecule has 0 saturated carbocycles. The molecule has 2 heterocycles. The Morgan fingerprint density at radius 3 is 3.00 bits per heavy atom. The zero-order valence-electron chi connectivity index (χ0n) is 11.1. The number of hydrogen-bond acceptors (Lipinski definition) is 4. The minimum Gasteiger partial charge on any atom is -0.388 e. The van der Waals surface area contributed by atoms with Gasteiger partial charge in [0.25, 0.3) is 0 Å². The lowest BCUT2D eigenvalue weighted by atomic mass is 9.78. The zero-order valence-corrected chi connectivity index (χ0v) is 11.8. The maximum absolute atomic E-state index is 10.8. The average Bonchev–Trinajstić information content (AvgIpc) is 2.97. The number of rotatable bonds is 3. The SMILES string of the molecule is NCC1(C(O)c2ccc(Cl)c3cccnc23)CCOC1. The van der Waals surface area contributed by atoms with Gasteiger partial charge in [-0.05, 0) is 24.6 Å². The highest BCUT2D eigenvalue weighted by molar-refractivity contribution is 6.35. The molecule has 1 fully saturated rings. The molecule has 0 amide bonds. The molecule has 20 heavy (non-hydrogen) atoms. The molecule has 0 aliphatic carbocycles. The third-order valence-corrected chi connectivity index (χ3v) is 4.49. The van der Waals surface area contributed by atoms with Crippen LogP contribution in [0, 0.1) is 5.41 Å². The maximum atomic E-state index is 10.8. The van der Waals surface area contributed by atoms with Crippen LogP contribution in [0.5, 0.6) is 0 Å². The van der Waals surface area contributed by atoms with E-state index in [1.807, 2.05) is 18.2 Å². The first kappa shape index (κ1) is 13.8. The van der Waals surface area contributed by atoms with Gasteiger partial charge in [0.2, 0.25) is 0 Å². The topological polar surface area (TPSA) is 68.4 Å². The summed E-state index contributed by atoms with van der Waals surface area (Å²) in [5.74, 6) is 0. The van der Waals surface area contributed by atoms with Gasteiger partial charge in [-0.3, -0.25) is 4.98 Å². The van der Waals surface area contributed by atoms with E-state index in [1.165, 1.54) is 0 Å². The summed E-state index contributed by atoms with van der Waals surface area (Å²) >= 11 is 6.19. The molecule has 0 spiro atoms. The molecular formula is C15H17ClN2O2. The molecule has 1 aliphatic rings. The maximum Gasteiger partial charge on any atom is 0.0902 e. The smallest absolute Gasteiger partial charge is 0.0902 e. The zero-order chi connectivity index (χ0) is 14.2. The lowest BCUT2D eigenvalue weighted by molar-refractivity contribution is 0.0199. The highest BCUT2D eigenvalue weighted by Crippen LogP contribution is 2.42. The summed E-state index contributed by atoms with van der Waals surface area (Å²) in [6.45, 7) is 1.49. The van der Waals surface area contributed by atoms with Crippen molar-refractivity contribution < 1.29 is 9.84 Å². The van der Waals surface area contributed by atoms with Crippen molar-refractivity contribution in [1.82, 2.24) is 4.98 Å². The molecule has 1 saturated heterocycles. The summed E-state index contributed by atoms with van der Waals surface area (Å²) < 4.78 is 5.44. The van der Waals surface area contributed by atoms with Crippen molar-refractivity contribution in [3.63, 3.8) is 0 Å². The van der Waals surface area contributed by atoms with E-state index >= 15 is 0 Å². The van der Waals surface area contributed by atoms with Crippen molar-refractivity contribution in [1.29, 1.82) is 0 Å². The first-order valence-electron chi connectivity index (χ1n) is 6.67. The lowest BCUT2D eigenvalue weighted by Gasteiger charge is -2.32. The number of nitrogens with two attached hydrogens (primary N) is 1. The fraction of sp³-hybridized carbons (Fsp3) is 0.400. The molecule has 106 valence electrons.